The van der Waals surface area contributed by atoms with Gasteiger partial charge in [0.15, 0.2) is 0 Å². The van der Waals surface area contributed by atoms with Crippen LogP contribution in [-0.2, 0) is 6.61 Å². The zero-order valence-corrected chi connectivity index (χ0v) is 12.5. The predicted octanol–water partition coefficient (Wildman–Crippen LogP) is 3.46. The second kappa shape index (κ2) is 6.50. The number of aliphatic imine (C=N–C) groups is 1. The summed E-state index contributed by atoms with van der Waals surface area (Å²) in [6.45, 7) is 5.79. The molecular weight excluding hydrogens is 264 g/mol. The van der Waals surface area contributed by atoms with Crippen molar-refractivity contribution in [3.8, 4) is 5.75 Å². The van der Waals surface area contributed by atoms with E-state index in [1.165, 1.54) is 5.56 Å². The Morgan fingerprint density at radius 1 is 1.33 bits per heavy atom. The van der Waals surface area contributed by atoms with Gasteiger partial charge in [0.1, 0.15) is 5.75 Å². The molecule has 0 fully saturated rings. The summed E-state index contributed by atoms with van der Waals surface area (Å²) in [6.07, 6.45) is 3.13. The summed E-state index contributed by atoms with van der Waals surface area (Å²) < 4.78 is 0. The first-order valence-electron chi connectivity index (χ1n) is 6.95. The summed E-state index contributed by atoms with van der Waals surface area (Å²) in [5.74, 6) is 0.495. The summed E-state index contributed by atoms with van der Waals surface area (Å²) in [7, 11) is 0. The molecule has 4 nitrogen and oxygen atoms in total. The molecule has 110 valence electrons. The number of pyridine rings is 1. The molecule has 0 bridgehead atoms. The highest BCUT2D eigenvalue weighted by Crippen LogP contribution is 2.24. The van der Waals surface area contributed by atoms with E-state index in [0.717, 1.165) is 5.69 Å². The molecule has 0 spiro atoms. The summed E-state index contributed by atoms with van der Waals surface area (Å²) in [5, 5.41) is 19.4. The molecule has 0 aliphatic rings. The van der Waals surface area contributed by atoms with Crippen molar-refractivity contribution in [2.75, 3.05) is 0 Å². The van der Waals surface area contributed by atoms with Crippen molar-refractivity contribution in [3.05, 3.63) is 52.8 Å². The number of aliphatic hydroxyl groups is 1. The maximum absolute atomic E-state index is 10.1. The number of aliphatic hydroxyl groups excluding tert-OH is 1. The van der Waals surface area contributed by atoms with E-state index >= 15 is 0 Å². The smallest absolute Gasteiger partial charge is 0.145 e. The van der Waals surface area contributed by atoms with Crippen LogP contribution in [0.2, 0.25) is 0 Å². The molecular formula is C17H20N2O2. The number of hydrogen-bond donors (Lipinski definition) is 2. The van der Waals surface area contributed by atoms with Crippen LogP contribution >= 0.6 is 0 Å². The highest BCUT2D eigenvalue weighted by atomic mass is 16.3. The Morgan fingerprint density at radius 3 is 2.76 bits per heavy atom. The first-order valence-corrected chi connectivity index (χ1v) is 6.95. The van der Waals surface area contributed by atoms with E-state index in [9.17, 15) is 10.2 Å². The van der Waals surface area contributed by atoms with Crippen molar-refractivity contribution in [2.24, 2.45) is 4.99 Å². The SMILES string of the molecule is Cc1ncc(CO)c(C=Nc2cccc(C(C)C)c2)c1O. The van der Waals surface area contributed by atoms with Crippen molar-refractivity contribution in [3.63, 3.8) is 0 Å². The van der Waals surface area contributed by atoms with Crippen LogP contribution < -0.4 is 0 Å². The van der Waals surface area contributed by atoms with Crippen LogP contribution in [0.3, 0.4) is 0 Å². The Kier molecular flexibility index (Phi) is 4.70. The van der Waals surface area contributed by atoms with Crippen molar-refractivity contribution in [1.29, 1.82) is 0 Å². The Morgan fingerprint density at radius 2 is 2.10 bits per heavy atom. The Bertz CT molecular complexity index is 664. The predicted molar refractivity (Wildman–Crippen MR) is 84.3 cm³/mol. The highest BCUT2D eigenvalue weighted by Gasteiger charge is 2.09. The molecule has 0 amide bonds. The van der Waals surface area contributed by atoms with Crippen molar-refractivity contribution in [2.45, 2.75) is 33.3 Å². The quantitative estimate of drug-likeness (QED) is 0.845. The van der Waals surface area contributed by atoms with E-state index in [0.29, 0.717) is 22.7 Å². The van der Waals surface area contributed by atoms with Crippen molar-refractivity contribution < 1.29 is 10.2 Å². The van der Waals surface area contributed by atoms with Crippen molar-refractivity contribution >= 4 is 11.9 Å². The minimum Gasteiger partial charge on any atom is -0.505 e. The number of nitrogens with zero attached hydrogens (tertiary/aromatic N) is 2. The van der Waals surface area contributed by atoms with Crippen LogP contribution in [0.1, 0.15) is 42.1 Å². The van der Waals surface area contributed by atoms with E-state index in [-0.39, 0.29) is 12.4 Å². The van der Waals surface area contributed by atoms with Gasteiger partial charge in [0.2, 0.25) is 0 Å². The molecule has 4 heteroatoms. The maximum atomic E-state index is 10.1. The summed E-state index contributed by atoms with van der Waals surface area (Å²) >= 11 is 0. The van der Waals surface area contributed by atoms with Gasteiger partial charge in [-0.15, -0.1) is 0 Å². The Labute approximate surface area is 124 Å². The lowest BCUT2D eigenvalue weighted by Gasteiger charge is -2.08. The van der Waals surface area contributed by atoms with Gasteiger partial charge in [-0.05, 0) is 30.5 Å². The van der Waals surface area contributed by atoms with Crippen LogP contribution in [0.25, 0.3) is 0 Å². The van der Waals surface area contributed by atoms with Gasteiger partial charge in [0, 0.05) is 23.5 Å². The fraction of sp³-hybridized carbons (Fsp3) is 0.294. The minimum atomic E-state index is -0.186. The van der Waals surface area contributed by atoms with E-state index in [1.54, 1.807) is 19.3 Å². The average Bonchev–Trinajstić information content (AvgIpc) is 2.49. The molecule has 0 aliphatic carbocycles. The van der Waals surface area contributed by atoms with Gasteiger partial charge >= 0.3 is 0 Å². The molecule has 0 aliphatic heterocycles. The van der Waals surface area contributed by atoms with Crippen LogP contribution in [0, 0.1) is 6.92 Å². The zero-order chi connectivity index (χ0) is 15.4. The summed E-state index contributed by atoms with van der Waals surface area (Å²) in [4.78, 5) is 8.44. The van der Waals surface area contributed by atoms with Gasteiger partial charge in [0.05, 0.1) is 18.0 Å². The maximum Gasteiger partial charge on any atom is 0.145 e. The van der Waals surface area contributed by atoms with Gasteiger partial charge < -0.3 is 10.2 Å². The van der Waals surface area contributed by atoms with E-state index in [2.05, 4.69) is 29.9 Å². The van der Waals surface area contributed by atoms with Crippen LogP contribution in [0.4, 0.5) is 5.69 Å². The van der Waals surface area contributed by atoms with E-state index in [1.807, 2.05) is 18.2 Å². The monoisotopic (exact) mass is 284 g/mol. The molecule has 1 aromatic heterocycles. The van der Waals surface area contributed by atoms with Crippen LogP contribution in [0.15, 0.2) is 35.5 Å². The summed E-state index contributed by atoms with van der Waals surface area (Å²) in [6, 6.07) is 7.96. The van der Waals surface area contributed by atoms with Gasteiger partial charge in [-0.1, -0.05) is 26.0 Å². The van der Waals surface area contributed by atoms with E-state index < -0.39 is 0 Å². The molecule has 0 saturated carbocycles. The molecule has 2 aromatic rings. The lowest BCUT2D eigenvalue weighted by atomic mass is 10.0. The lowest BCUT2D eigenvalue weighted by molar-refractivity contribution is 0.280. The normalized spacial score (nSPS) is 11.5. The number of hydrogen-bond acceptors (Lipinski definition) is 4. The first kappa shape index (κ1) is 15.2. The third-order valence-corrected chi connectivity index (χ3v) is 3.41. The van der Waals surface area contributed by atoms with Gasteiger partial charge in [-0.25, -0.2) is 0 Å². The minimum absolute atomic E-state index is 0.0605. The number of benzene rings is 1. The molecule has 0 atom stereocenters. The average molecular weight is 284 g/mol. The van der Waals surface area contributed by atoms with Crippen LogP contribution in [-0.4, -0.2) is 21.4 Å². The van der Waals surface area contributed by atoms with E-state index in [4.69, 9.17) is 0 Å². The molecule has 0 unspecified atom stereocenters. The molecule has 2 rings (SSSR count). The Balaban J connectivity index is 2.37. The number of rotatable bonds is 4. The third-order valence-electron chi connectivity index (χ3n) is 3.41. The second-order valence-electron chi connectivity index (χ2n) is 5.30. The zero-order valence-electron chi connectivity index (χ0n) is 12.5. The van der Waals surface area contributed by atoms with Crippen molar-refractivity contribution in [1.82, 2.24) is 4.98 Å². The number of aromatic nitrogens is 1. The molecule has 1 heterocycles. The Hall–Kier alpha value is -2.20. The van der Waals surface area contributed by atoms with Crippen LogP contribution in [0.5, 0.6) is 5.75 Å². The number of aryl methyl sites for hydroxylation is 1. The molecule has 21 heavy (non-hydrogen) atoms. The van der Waals surface area contributed by atoms with Gasteiger partial charge in [-0.2, -0.15) is 0 Å². The molecule has 1 aromatic carbocycles. The first-order chi connectivity index (χ1) is 10.0. The molecule has 0 saturated heterocycles. The molecule has 0 radical (unpaired) electrons. The summed E-state index contributed by atoms with van der Waals surface area (Å²) in [5.41, 5.74) is 3.62. The van der Waals surface area contributed by atoms with Gasteiger partial charge in [-0.3, -0.25) is 9.98 Å². The standard InChI is InChI=1S/C17H20N2O2/c1-11(2)13-5-4-6-15(7-13)19-9-16-14(10-20)8-18-12(3)17(16)21/h4-9,11,20-21H,10H2,1-3H3. The second-order valence-corrected chi connectivity index (χ2v) is 5.30. The third kappa shape index (κ3) is 3.47. The largest absolute Gasteiger partial charge is 0.505 e. The topological polar surface area (TPSA) is 65.7 Å². The lowest BCUT2D eigenvalue weighted by Crippen LogP contribution is -1.97. The fourth-order valence-electron chi connectivity index (χ4n) is 2.03. The highest BCUT2D eigenvalue weighted by molar-refractivity contribution is 5.87. The van der Waals surface area contributed by atoms with Gasteiger partial charge in [0.25, 0.3) is 0 Å². The fourth-order valence-corrected chi connectivity index (χ4v) is 2.03. The molecule has 2 N–H and O–H groups in total. The number of aromatic hydroxyl groups is 1.